The molecule has 0 atom stereocenters. The Hall–Kier alpha value is -3.73. The number of aliphatic hydroxyl groups excluding tert-OH is 1. The molecule has 4 aromatic rings. The van der Waals surface area contributed by atoms with Crippen LogP contribution < -0.4 is 4.74 Å². The number of aromatic nitrogens is 2. The summed E-state index contributed by atoms with van der Waals surface area (Å²) in [5, 5.41) is 18.5. The molecule has 1 saturated heterocycles. The maximum absolute atomic E-state index is 14.7. The van der Waals surface area contributed by atoms with Crippen molar-refractivity contribution in [1.82, 2.24) is 14.3 Å². The van der Waals surface area contributed by atoms with Crippen molar-refractivity contribution in [2.45, 2.75) is 39.7 Å². The number of benzene rings is 2. The number of nitriles is 1. The van der Waals surface area contributed by atoms with Gasteiger partial charge in [0.05, 0.1) is 43.6 Å². The zero-order valence-electron chi connectivity index (χ0n) is 21.7. The number of methoxy groups -OCH3 is 1. The van der Waals surface area contributed by atoms with E-state index in [0.717, 1.165) is 22.3 Å². The molecule has 0 bridgehead atoms. The summed E-state index contributed by atoms with van der Waals surface area (Å²) in [4.78, 5) is 6.76. The number of imidazole rings is 1. The molecule has 3 heterocycles. The number of pyridine rings is 1. The van der Waals surface area contributed by atoms with Crippen molar-refractivity contribution >= 4 is 5.52 Å². The van der Waals surface area contributed by atoms with Gasteiger partial charge in [0.15, 0.2) is 0 Å². The number of ether oxygens (including phenoxy) is 1. The van der Waals surface area contributed by atoms with Crippen molar-refractivity contribution in [2.24, 2.45) is 0 Å². The lowest BCUT2D eigenvalue weighted by molar-refractivity contribution is 0.240. The standard InChI is InChI=1S/C23H18FN3O2.C7H15N/c1-14-7-17(8-20(24)19(14)12-28)23-18(16-5-3-15(10-25)4-6-16)9-22(29-2)21-11-26-13-27(21)23;1-2-8-6-4-3-5-7-8/h3-9,11,13,28H,12H2,1-2H3;2-7H2,1H3. The summed E-state index contributed by atoms with van der Waals surface area (Å²) in [6.07, 6.45) is 7.65. The predicted octanol–water partition coefficient (Wildman–Crippen LogP) is 5.98. The van der Waals surface area contributed by atoms with Crippen LogP contribution in [0, 0.1) is 24.1 Å². The van der Waals surface area contributed by atoms with Gasteiger partial charge in [-0.2, -0.15) is 5.26 Å². The Balaban J connectivity index is 0.000000342. The van der Waals surface area contributed by atoms with E-state index in [2.05, 4.69) is 22.9 Å². The molecule has 0 saturated carbocycles. The minimum Gasteiger partial charge on any atom is -0.494 e. The molecule has 1 N–H and O–H groups in total. The molecule has 192 valence electrons. The molecule has 0 amide bonds. The van der Waals surface area contributed by atoms with Crippen LogP contribution in [0.25, 0.3) is 27.9 Å². The van der Waals surface area contributed by atoms with E-state index in [0.29, 0.717) is 22.4 Å². The van der Waals surface area contributed by atoms with Crippen LogP contribution in [-0.2, 0) is 6.61 Å². The van der Waals surface area contributed by atoms with Crippen molar-refractivity contribution in [1.29, 1.82) is 5.26 Å². The first-order chi connectivity index (χ1) is 18.0. The molecular formula is C30H33FN4O2. The highest BCUT2D eigenvalue weighted by atomic mass is 19.1. The number of rotatable bonds is 5. The number of aryl methyl sites for hydroxylation is 1. The van der Waals surface area contributed by atoms with Gasteiger partial charge >= 0.3 is 0 Å². The van der Waals surface area contributed by atoms with Gasteiger partial charge in [0, 0.05) is 16.7 Å². The van der Waals surface area contributed by atoms with Crippen molar-refractivity contribution in [3.05, 3.63) is 77.5 Å². The number of halogens is 1. The van der Waals surface area contributed by atoms with Gasteiger partial charge < -0.3 is 14.7 Å². The van der Waals surface area contributed by atoms with Gasteiger partial charge in [-0.1, -0.05) is 25.5 Å². The second kappa shape index (κ2) is 12.0. The Kier molecular flexibility index (Phi) is 8.54. The normalized spacial score (nSPS) is 13.6. The summed E-state index contributed by atoms with van der Waals surface area (Å²) in [6, 6.07) is 14.5. The maximum Gasteiger partial charge on any atom is 0.145 e. The second-order valence-corrected chi connectivity index (χ2v) is 9.22. The lowest BCUT2D eigenvalue weighted by atomic mass is 9.95. The van der Waals surface area contributed by atoms with E-state index in [1.54, 1.807) is 38.7 Å². The fraction of sp³-hybridized carbons (Fsp3) is 0.333. The van der Waals surface area contributed by atoms with Gasteiger partial charge in [-0.3, -0.25) is 4.40 Å². The predicted molar refractivity (Wildman–Crippen MR) is 144 cm³/mol. The van der Waals surface area contributed by atoms with Crippen molar-refractivity contribution in [3.63, 3.8) is 0 Å². The summed E-state index contributed by atoms with van der Waals surface area (Å²) < 4.78 is 22.1. The van der Waals surface area contributed by atoms with E-state index >= 15 is 0 Å². The first-order valence-electron chi connectivity index (χ1n) is 12.7. The quantitative estimate of drug-likeness (QED) is 0.365. The maximum atomic E-state index is 14.7. The summed E-state index contributed by atoms with van der Waals surface area (Å²) >= 11 is 0. The van der Waals surface area contributed by atoms with Crippen molar-refractivity contribution < 1.29 is 14.2 Å². The van der Waals surface area contributed by atoms with Crippen LogP contribution in [0.3, 0.4) is 0 Å². The molecule has 2 aromatic heterocycles. The summed E-state index contributed by atoms with van der Waals surface area (Å²) in [5.41, 5.74) is 5.33. The minimum atomic E-state index is -0.461. The van der Waals surface area contributed by atoms with Gasteiger partial charge in [-0.05, 0) is 80.9 Å². The Morgan fingerprint density at radius 3 is 2.38 bits per heavy atom. The topological polar surface area (TPSA) is 73.8 Å². The van der Waals surface area contributed by atoms with Crippen LogP contribution in [0.15, 0.2) is 55.0 Å². The van der Waals surface area contributed by atoms with E-state index in [-0.39, 0.29) is 12.2 Å². The molecule has 6 nitrogen and oxygen atoms in total. The molecule has 0 spiro atoms. The first-order valence-corrected chi connectivity index (χ1v) is 12.7. The Morgan fingerprint density at radius 1 is 1.08 bits per heavy atom. The van der Waals surface area contributed by atoms with Gasteiger partial charge in [0.2, 0.25) is 0 Å². The van der Waals surface area contributed by atoms with Gasteiger partial charge in [-0.25, -0.2) is 9.37 Å². The number of fused-ring (bicyclic) bond motifs is 1. The number of likely N-dealkylation sites (tertiary alicyclic amines) is 1. The fourth-order valence-electron chi connectivity index (χ4n) is 4.85. The van der Waals surface area contributed by atoms with Crippen molar-refractivity contribution in [2.75, 3.05) is 26.7 Å². The highest BCUT2D eigenvalue weighted by molar-refractivity contribution is 5.86. The molecule has 0 aliphatic carbocycles. The molecule has 7 heteroatoms. The van der Waals surface area contributed by atoms with Gasteiger partial charge in [-0.15, -0.1) is 0 Å². The fourth-order valence-corrected chi connectivity index (χ4v) is 4.85. The summed E-state index contributed by atoms with van der Waals surface area (Å²) in [6.45, 7) is 7.59. The van der Waals surface area contributed by atoms with Crippen LogP contribution in [0.1, 0.15) is 42.9 Å². The lowest BCUT2D eigenvalue weighted by Gasteiger charge is -2.24. The molecule has 2 aromatic carbocycles. The zero-order chi connectivity index (χ0) is 26.4. The Labute approximate surface area is 217 Å². The molecule has 0 radical (unpaired) electrons. The van der Waals surface area contributed by atoms with Crippen LogP contribution in [-0.4, -0.2) is 46.1 Å². The molecule has 37 heavy (non-hydrogen) atoms. The smallest absolute Gasteiger partial charge is 0.145 e. The van der Waals surface area contributed by atoms with Crippen molar-refractivity contribution in [3.8, 4) is 34.2 Å². The molecule has 1 aliphatic rings. The van der Waals surface area contributed by atoms with E-state index in [9.17, 15) is 9.50 Å². The minimum absolute atomic E-state index is 0.282. The third-order valence-corrected chi connectivity index (χ3v) is 6.95. The van der Waals surface area contributed by atoms with Crippen LogP contribution in [0.4, 0.5) is 4.39 Å². The van der Waals surface area contributed by atoms with E-state index in [1.807, 2.05) is 28.7 Å². The highest BCUT2D eigenvalue weighted by Gasteiger charge is 2.18. The third-order valence-electron chi connectivity index (χ3n) is 6.95. The number of piperidine rings is 1. The Bertz CT molecular complexity index is 1380. The van der Waals surface area contributed by atoms with Gasteiger partial charge in [0.1, 0.15) is 17.1 Å². The highest BCUT2D eigenvalue weighted by Crippen LogP contribution is 2.38. The molecule has 0 unspecified atom stereocenters. The average Bonchev–Trinajstić information content (AvgIpc) is 3.43. The van der Waals surface area contributed by atoms with E-state index in [1.165, 1.54) is 45.0 Å². The second-order valence-electron chi connectivity index (χ2n) is 9.22. The number of aliphatic hydroxyl groups is 1. The number of hydrogen-bond acceptors (Lipinski definition) is 5. The third kappa shape index (κ3) is 5.66. The molecular weight excluding hydrogens is 467 g/mol. The zero-order valence-corrected chi connectivity index (χ0v) is 21.7. The van der Waals surface area contributed by atoms with Crippen LogP contribution in [0.5, 0.6) is 5.75 Å². The lowest BCUT2D eigenvalue weighted by Crippen LogP contribution is -2.29. The number of nitrogens with zero attached hydrogens (tertiary/aromatic N) is 4. The first kappa shape index (κ1) is 26.3. The number of hydrogen-bond donors (Lipinski definition) is 1. The van der Waals surface area contributed by atoms with E-state index in [4.69, 9.17) is 10.00 Å². The van der Waals surface area contributed by atoms with E-state index < -0.39 is 5.82 Å². The monoisotopic (exact) mass is 500 g/mol. The van der Waals surface area contributed by atoms with Crippen LogP contribution in [0.2, 0.25) is 0 Å². The van der Waals surface area contributed by atoms with Crippen LogP contribution >= 0.6 is 0 Å². The van der Waals surface area contributed by atoms with Gasteiger partial charge in [0.25, 0.3) is 0 Å². The summed E-state index contributed by atoms with van der Waals surface area (Å²) in [7, 11) is 1.59. The average molecular weight is 501 g/mol. The molecule has 5 rings (SSSR count). The molecule has 1 aliphatic heterocycles. The largest absolute Gasteiger partial charge is 0.494 e. The molecule has 1 fully saturated rings. The summed E-state index contributed by atoms with van der Waals surface area (Å²) in [5.74, 6) is 0.173. The Morgan fingerprint density at radius 2 is 1.81 bits per heavy atom. The SMILES string of the molecule is CCN1CCCCC1.COc1cc(-c2ccc(C#N)cc2)c(-c2cc(C)c(CO)c(F)c2)n2cncc12.